The van der Waals surface area contributed by atoms with Gasteiger partial charge in [0.2, 0.25) is 0 Å². The second-order valence-electron chi connectivity index (χ2n) is 3.65. The van der Waals surface area contributed by atoms with Crippen LogP contribution in [0.5, 0.6) is 0 Å². The van der Waals surface area contributed by atoms with Crippen LogP contribution in [0.15, 0.2) is 18.7 Å². The number of carboxylic acid groups (broad SMARTS) is 1. The van der Waals surface area contributed by atoms with Gasteiger partial charge in [-0.25, -0.2) is 9.97 Å². The number of rotatable bonds is 5. The van der Waals surface area contributed by atoms with Gasteiger partial charge in [0.25, 0.3) is 0 Å². The van der Waals surface area contributed by atoms with Crippen molar-refractivity contribution in [1.82, 2.24) is 14.9 Å². The molecule has 1 heterocycles. The minimum atomic E-state index is -0.827. The van der Waals surface area contributed by atoms with Crippen molar-refractivity contribution in [3.05, 3.63) is 24.3 Å². The van der Waals surface area contributed by atoms with Crippen molar-refractivity contribution in [3.63, 3.8) is 0 Å². The van der Waals surface area contributed by atoms with Crippen molar-refractivity contribution in [3.8, 4) is 0 Å². The van der Waals surface area contributed by atoms with Crippen LogP contribution in [0, 0.1) is 0 Å². The zero-order valence-corrected chi connectivity index (χ0v) is 8.92. The van der Waals surface area contributed by atoms with Crippen LogP contribution < -0.4 is 0 Å². The topological polar surface area (TPSA) is 66.3 Å². The maximum atomic E-state index is 11.0. The molecule has 0 aliphatic rings. The first-order valence-corrected chi connectivity index (χ1v) is 4.73. The Kier molecular flexibility index (Phi) is 4.17. The van der Waals surface area contributed by atoms with Crippen LogP contribution in [-0.2, 0) is 4.79 Å². The summed E-state index contributed by atoms with van der Waals surface area (Å²) in [5.74, 6) is -1.35. The van der Waals surface area contributed by atoms with E-state index in [4.69, 9.17) is 5.11 Å². The largest absolute Gasteiger partial charge is 0.481 e. The monoisotopic (exact) mass is 209 g/mol. The fourth-order valence-electron chi connectivity index (χ4n) is 1.31. The molecule has 1 N–H and O–H groups in total. The molecule has 1 atom stereocenters. The van der Waals surface area contributed by atoms with Crippen molar-refractivity contribution >= 4 is 5.97 Å². The molecule has 5 heteroatoms. The van der Waals surface area contributed by atoms with Gasteiger partial charge in [-0.1, -0.05) is 0 Å². The maximum Gasteiger partial charge on any atom is 0.311 e. The Morgan fingerprint density at radius 3 is 2.53 bits per heavy atom. The van der Waals surface area contributed by atoms with E-state index < -0.39 is 11.9 Å². The standard InChI is InChI=1S/C10H15N3O2/c1-13(2)4-3-9(10(14)15)8-5-11-7-12-6-8/h5-7,9H,3-4H2,1-2H3,(H,14,15). The summed E-state index contributed by atoms with van der Waals surface area (Å²) in [4.78, 5) is 20.7. The van der Waals surface area contributed by atoms with E-state index in [1.165, 1.54) is 6.33 Å². The fraction of sp³-hybridized carbons (Fsp3) is 0.500. The summed E-state index contributed by atoms with van der Waals surface area (Å²) in [6, 6.07) is 0. The highest BCUT2D eigenvalue weighted by Crippen LogP contribution is 2.18. The lowest BCUT2D eigenvalue weighted by Crippen LogP contribution is -2.20. The van der Waals surface area contributed by atoms with E-state index in [1.54, 1.807) is 12.4 Å². The van der Waals surface area contributed by atoms with E-state index in [9.17, 15) is 4.79 Å². The van der Waals surface area contributed by atoms with Crippen LogP contribution in [0.3, 0.4) is 0 Å². The van der Waals surface area contributed by atoms with Crippen molar-refractivity contribution in [2.24, 2.45) is 0 Å². The van der Waals surface area contributed by atoms with Crippen molar-refractivity contribution in [1.29, 1.82) is 0 Å². The molecule has 0 aromatic carbocycles. The number of hydrogen-bond acceptors (Lipinski definition) is 4. The van der Waals surface area contributed by atoms with Gasteiger partial charge in [0, 0.05) is 18.0 Å². The lowest BCUT2D eigenvalue weighted by molar-refractivity contribution is -0.139. The first kappa shape index (κ1) is 11.6. The third kappa shape index (κ3) is 3.63. The van der Waals surface area contributed by atoms with E-state index >= 15 is 0 Å². The molecule has 0 amide bonds. The molecule has 5 nitrogen and oxygen atoms in total. The molecule has 15 heavy (non-hydrogen) atoms. The molecule has 0 saturated carbocycles. The van der Waals surface area contributed by atoms with Gasteiger partial charge in [0.05, 0.1) is 5.92 Å². The molecule has 1 aromatic heterocycles. The SMILES string of the molecule is CN(C)CCC(C(=O)O)c1cncnc1. The average Bonchev–Trinajstić information content (AvgIpc) is 2.18. The Bertz CT molecular complexity index is 314. The maximum absolute atomic E-state index is 11.0. The molecule has 82 valence electrons. The predicted octanol–water partition coefficient (Wildman–Crippen LogP) is 0.596. The number of nitrogens with zero attached hydrogens (tertiary/aromatic N) is 3. The predicted molar refractivity (Wildman–Crippen MR) is 55.6 cm³/mol. The third-order valence-corrected chi connectivity index (χ3v) is 2.15. The van der Waals surface area contributed by atoms with E-state index in [0.717, 1.165) is 6.54 Å². The zero-order valence-electron chi connectivity index (χ0n) is 8.92. The summed E-state index contributed by atoms with van der Waals surface area (Å²) >= 11 is 0. The van der Waals surface area contributed by atoms with Gasteiger partial charge in [-0.05, 0) is 27.1 Å². The molecule has 0 saturated heterocycles. The van der Waals surface area contributed by atoms with Gasteiger partial charge in [-0.15, -0.1) is 0 Å². The quantitative estimate of drug-likeness (QED) is 0.769. The Balaban J connectivity index is 2.71. The van der Waals surface area contributed by atoms with Crippen LogP contribution in [0.25, 0.3) is 0 Å². The fourth-order valence-corrected chi connectivity index (χ4v) is 1.31. The molecule has 1 aromatic rings. The average molecular weight is 209 g/mol. The molecule has 0 bridgehead atoms. The van der Waals surface area contributed by atoms with Gasteiger partial charge in [0.15, 0.2) is 0 Å². The van der Waals surface area contributed by atoms with Crippen molar-refractivity contribution < 1.29 is 9.90 Å². The first-order valence-electron chi connectivity index (χ1n) is 4.73. The second kappa shape index (κ2) is 5.41. The summed E-state index contributed by atoms with van der Waals surface area (Å²) in [6.07, 6.45) is 5.08. The lowest BCUT2D eigenvalue weighted by Gasteiger charge is -2.15. The Labute approximate surface area is 88.8 Å². The molecule has 1 rings (SSSR count). The summed E-state index contributed by atoms with van der Waals surface area (Å²) in [6.45, 7) is 0.728. The zero-order chi connectivity index (χ0) is 11.3. The van der Waals surface area contributed by atoms with Gasteiger partial charge in [-0.3, -0.25) is 4.79 Å². The third-order valence-electron chi connectivity index (χ3n) is 2.15. The minimum Gasteiger partial charge on any atom is -0.481 e. The molecular formula is C10H15N3O2. The van der Waals surface area contributed by atoms with Gasteiger partial charge >= 0.3 is 5.97 Å². The Morgan fingerprint density at radius 2 is 2.07 bits per heavy atom. The summed E-state index contributed by atoms with van der Waals surface area (Å²) in [5.41, 5.74) is 0.659. The number of aliphatic carboxylic acids is 1. The van der Waals surface area contributed by atoms with Crippen molar-refractivity contribution in [2.75, 3.05) is 20.6 Å². The molecule has 1 unspecified atom stereocenters. The Hall–Kier alpha value is -1.49. The van der Waals surface area contributed by atoms with E-state index in [1.807, 2.05) is 19.0 Å². The van der Waals surface area contributed by atoms with Crippen LogP contribution in [0.1, 0.15) is 17.9 Å². The number of carboxylic acids is 1. The van der Waals surface area contributed by atoms with Crippen LogP contribution >= 0.6 is 0 Å². The molecule has 0 spiro atoms. The van der Waals surface area contributed by atoms with Crippen molar-refractivity contribution in [2.45, 2.75) is 12.3 Å². The summed E-state index contributed by atoms with van der Waals surface area (Å²) in [5, 5.41) is 9.07. The highest BCUT2D eigenvalue weighted by molar-refractivity contribution is 5.75. The number of hydrogen-bond donors (Lipinski definition) is 1. The minimum absolute atomic E-state index is 0.520. The highest BCUT2D eigenvalue weighted by Gasteiger charge is 2.20. The van der Waals surface area contributed by atoms with Crippen LogP contribution in [-0.4, -0.2) is 46.6 Å². The molecule has 0 fully saturated rings. The van der Waals surface area contributed by atoms with Crippen LogP contribution in [0.2, 0.25) is 0 Å². The number of carbonyl (C=O) groups is 1. The van der Waals surface area contributed by atoms with Crippen LogP contribution in [0.4, 0.5) is 0 Å². The van der Waals surface area contributed by atoms with E-state index in [-0.39, 0.29) is 0 Å². The van der Waals surface area contributed by atoms with Gasteiger partial charge in [-0.2, -0.15) is 0 Å². The molecular weight excluding hydrogens is 194 g/mol. The smallest absolute Gasteiger partial charge is 0.311 e. The number of aromatic nitrogens is 2. The normalized spacial score (nSPS) is 12.7. The van der Waals surface area contributed by atoms with E-state index in [2.05, 4.69) is 9.97 Å². The highest BCUT2D eigenvalue weighted by atomic mass is 16.4. The second-order valence-corrected chi connectivity index (χ2v) is 3.65. The lowest BCUT2D eigenvalue weighted by atomic mass is 9.98. The molecule has 0 radical (unpaired) electrons. The first-order chi connectivity index (χ1) is 7.11. The van der Waals surface area contributed by atoms with E-state index in [0.29, 0.717) is 12.0 Å². The molecule has 0 aliphatic heterocycles. The van der Waals surface area contributed by atoms with Gasteiger partial charge in [0.1, 0.15) is 6.33 Å². The molecule has 0 aliphatic carbocycles. The summed E-state index contributed by atoms with van der Waals surface area (Å²) < 4.78 is 0. The Morgan fingerprint density at radius 1 is 1.47 bits per heavy atom. The van der Waals surface area contributed by atoms with Gasteiger partial charge < -0.3 is 10.0 Å². The summed E-state index contributed by atoms with van der Waals surface area (Å²) in [7, 11) is 3.83.